The summed E-state index contributed by atoms with van der Waals surface area (Å²) in [7, 11) is 2.06. The molecule has 0 fully saturated rings. The lowest BCUT2D eigenvalue weighted by Gasteiger charge is -2.20. The Labute approximate surface area is 165 Å². The summed E-state index contributed by atoms with van der Waals surface area (Å²) in [6, 6.07) is 2.56. The maximum atomic E-state index is 4.81. The van der Waals surface area contributed by atoms with Crippen LogP contribution >= 0.6 is 15.9 Å². The number of aryl methyl sites for hydroxylation is 2. The summed E-state index contributed by atoms with van der Waals surface area (Å²) in [5.74, 6) is 1.80. The SMILES string of the molecule is CCc1cc(N(C)CC)ncc1-c1nc(Br)c(NC(CC)CC)nc1C. The quantitative estimate of drug-likeness (QED) is 0.634. The van der Waals surface area contributed by atoms with Gasteiger partial charge in [0, 0.05) is 31.4 Å². The van der Waals surface area contributed by atoms with E-state index in [1.54, 1.807) is 0 Å². The fraction of sp³-hybridized carbons (Fsp3) is 0.550. The van der Waals surface area contributed by atoms with Crippen molar-refractivity contribution in [1.29, 1.82) is 0 Å². The molecule has 0 atom stereocenters. The van der Waals surface area contributed by atoms with Crippen LogP contribution in [0.3, 0.4) is 0 Å². The zero-order chi connectivity index (χ0) is 19.3. The van der Waals surface area contributed by atoms with E-state index >= 15 is 0 Å². The number of nitrogens with zero attached hydrogens (tertiary/aromatic N) is 4. The molecule has 0 aliphatic carbocycles. The molecule has 26 heavy (non-hydrogen) atoms. The van der Waals surface area contributed by atoms with Crippen molar-refractivity contribution < 1.29 is 0 Å². The first-order chi connectivity index (χ1) is 12.4. The Morgan fingerprint density at radius 1 is 1.15 bits per heavy atom. The Morgan fingerprint density at radius 2 is 1.85 bits per heavy atom. The maximum absolute atomic E-state index is 4.81. The Bertz CT molecular complexity index is 743. The van der Waals surface area contributed by atoms with Gasteiger partial charge in [0.1, 0.15) is 10.4 Å². The first kappa shape index (κ1) is 20.6. The zero-order valence-electron chi connectivity index (χ0n) is 16.7. The summed E-state index contributed by atoms with van der Waals surface area (Å²) in [5.41, 5.74) is 4.10. The van der Waals surface area contributed by atoms with Gasteiger partial charge in [-0.1, -0.05) is 20.8 Å². The van der Waals surface area contributed by atoms with Gasteiger partial charge in [0.25, 0.3) is 0 Å². The molecule has 0 aromatic carbocycles. The smallest absolute Gasteiger partial charge is 0.159 e. The molecule has 142 valence electrons. The van der Waals surface area contributed by atoms with E-state index in [9.17, 15) is 0 Å². The highest BCUT2D eigenvalue weighted by Crippen LogP contribution is 2.30. The summed E-state index contributed by atoms with van der Waals surface area (Å²) < 4.78 is 0.752. The second-order valence-corrected chi connectivity index (χ2v) is 7.27. The lowest BCUT2D eigenvalue weighted by Crippen LogP contribution is -2.19. The molecular weight excluding hydrogens is 390 g/mol. The van der Waals surface area contributed by atoms with Crippen molar-refractivity contribution in [2.45, 2.75) is 59.9 Å². The van der Waals surface area contributed by atoms with Gasteiger partial charge in [0.05, 0.1) is 11.4 Å². The summed E-state index contributed by atoms with van der Waals surface area (Å²) in [4.78, 5) is 16.3. The average Bonchev–Trinajstić information content (AvgIpc) is 2.67. The van der Waals surface area contributed by atoms with E-state index in [4.69, 9.17) is 9.97 Å². The standard InChI is InChI=1S/C20H30BrN5/c1-7-14-11-17(26(6)10-4)22-12-16(14)18-13(5)23-20(19(21)25-18)24-15(8-2)9-3/h11-12,15H,7-10H2,1-6H3,(H,23,24). The Balaban J connectivity index is 2.44. The van der Waals surface area contributed by atoms with E-state index in [1.807, 2.05) is 13.1 Å². The van der Waals surface area contributed by atoms with Crippen molar-refractivity contribution in [2.24, 2.45) is 0 Å². The van der Waals surface area contributed by atoms with Gasteiger partial charge in [-0.2, -0.15) is 0 Å². The van der Waals surface area contributed by atoms with Gasteiger partial charge in [-0.15, -0.1) is 0 Å². The van der Waals surface area contributed by atoms with Crippen LogP contribution < -0.4 is 10.2 Å². The minimum Gasteiger partial charge on any atom is -0.365 e. The van der Waals surface area contributed by atoms with Crippen molar-refractivity contribution in [1.82, 2.24) is 15.0 Å². The number of rotatable bonds is 8. The average molecular weight is 420 g/mol. The normalized spacial score (nSPS) is 11.1. The molecule has 0 saturated heterocycles. The third-order valence-electron chi connectivity index (χ3n) is 4.83. The molecule has 0 saturated carbocycles. The molecule has 6 heteroatoms. The molecule has 2 rings (SSSR count). The Morgan fingerprint density at radius 3 is 2.42 bits per heavy atom. The van der Waals surface area contributed by atoms with Gasteiger partial charge in [0.15, 0.2) is 5.82 Å². The molecule has 0 spiro atoms. The number of hydrogen-bond donors (Lipinski definition) is 1. The van der Waals surface area contributed by atoms with E-state index < -0.39 is 0 Å². The molecule has 1 N–H and O–H groups in total. The van der Waals surface area contributed by atoms with E-state index in [0.29, 0.717) is 6.04 Å². The highest BCUT2D eigenvalue weighted by molar-refractivity contribution is 9.10. The molecule has 0 aliphatic rings. The lowest BCUT2D eigenvalue weighted by atomic mass is 10.0. The second kappa shape index (κ2) is 9.31. The van der Waals surface area contributed by atoms with Crippen molar-refractivity contribution in [3.05, 3.63) is 28.1 Å². The third-order valence-corrected chi connectivity index (χ3v) is 5.38. The van der Waals surface area contributed by atoms with Gasteiger partial charge in [-0.05, 0) is 60.7 Å². The van der Waals surface area contributed by atoms with Gasteiger partial charge >= 0.3 is 0 Å². The Kier molecular flexibility index (Phi) is 7.38. The Hall–Kier alpha value is -1.69. The first-order valence-corrected chi connectivity index (χ1v) is 10.2. The summed E-state index contributed by atoms with van der Waals surface area (Å²) >= 11 is 3.60. The predicted molar refractivity (Wildman–Crippen MR) is 114 cm³/mol. The number of aromatic nitrogens is 3. The summed E-state index contributed by atoms with van der Waals surface area (Å²) in [6.07, 6.45) is 4.97. The van der Waals surface area contributed by atoms with Crippen molar-refractivity contribution in [3.8, 4) is 11.3 Å². The molecule has 2 aromatic rings. The highest BCUT2D eigenvalue weighted by atomic mass is 79.9. The largest absolute Gasteiger partial charge is 0.365 e. The van der Waals surface area contributed by atoms with E-state index in [1.165, 1.54) is 5.56 Å². The second-order valence-electron chi connectivity index (χ2n) is 6.52. The lowest BCUT2D eigenvalue weighted by molar-refractivity contribution is 0.667. The van der Waals surface area contributed by atoms with Crippen molar-refractivity contribution >= 4 is 27.6 Å². The number of nitrogens with one attached hydrogen (secondary N) is 1. The number of hydrogen-bond acceptors (Lipinski definition) is 5. The van der Waals surface area contributed by atoms with E-state index in [2.05, 4.69) is 71.9 Å². The minimum absolute atomic E-state index is 0.405. The topological polar surface area (TPSA) is 53.9 Å². The molecule has 0 amide bonds. The molecule has 0 bridgehead atoms. The number of anilines is 2. The van der Waals surface area contributed by atoms with Crippen LogP contribution in [0, 0.1) is 6.92 Å². The van der Waals surface area contributed by atoms with Crippen molar-refractivity contribution in [2.75, 3.05) is 23.8 Å². The van der Waals surface area contributed by atoms with Crippen LogP contribution in [0.1, 0.15) is 51.8 Å². The van der Waals surface area contributed by atoms with Crippen LogP contribution in [-0.4, -0.2) is 34.6 Å². The van der Waals surface area contributed by atoms with Gasteiger partial charge < -0.3 is 10.2 Å². The highest BCUT2D eigenvalue weighted by Gasteiger charge is 2.16. The third kappa shape index (κ3) is 4.53. The van der Waals surface area contributed by atoms with Crippen LogP contribution in [0.4, 0.5) is 11.6 Å². The van der Waals surface area contributed by atoms with E-state index in [0.717, 1.165) is 59.0 Å². The molecule has 0 radical (unpaired) electrons. The maximum Gasteiger partial charge on any atom is 0.159 e. The molecular formula is C20H30BrN5. The predicted octanol–water partition coefficient (Wildman–Crippen LogP) is 5.23. The summed E-state index contributed by atoms with van der Waals surface area (Å²) in [5, 5.41) is 3.48. The van der Waals surface area contributed by atoms with Gasteiger partial charge in [0.2, 0.25) is 0 Å². The van der Waals surface area contributed by atoms with E-state index in [-0.39, 0.29) is 0 Å². The molecule has 0 unspecified atom stereocenters. The number of halogens is 1. The van der Waals surface area contributed by atoms with Crippen LogP contribution in [0.15, 0.2) is 16.9 Å². The minimum atomic E-state index is 0.405. The zero-order valence-corrected chi connectivity index (χ0v) is 18.3. The van der Waals surface area contributed by atoms with Crippen LogP contribution in [-0.2, 0) is 6.42 Å². The van der Waals surface area contributed by atoms with Gasteiger partial charge in [-0.3, -0.25) is 0 Å². The molecule has 5 nitrogen and oxygen atoms in total. The van der Waals surface area contributed by atoms with Gasteiger partial charge in [-0.25, -0.2) is 15.0 Å². The molecule has 2 heterocycles. The fourth-order valence-corrected chi connectivity index (χ4v) is 3.27. The van der Waals surface area contributed by atoms with Crippen LogP contribution in [0.25, 0.3) is 11.3 Å². The monoisotopic (exact) mass is 419 g/mol. The van der Waals surface area contributed by atoms with Crippen LogP contribution in [0.2, 0.25) is 0 Å². The molecule has 2 aromatic heterocycles. The van der Waals surface area contributed by atoms with Crippen LogP contribution in [0.5, 0.6) is 0 Å². The summed E-state index contributed by atoms with van der Waals surface area (Å²) in [6.45, 7) is 11.6. The number of pyridine rings is 1. The fourth-order valence-electron chi connectivity index (χ4n) is 2.89. The first-order valence-electron chi connectivity index (χ1n) is 9.46. The van der Waals surface area contributed by atoms with Crippen molar-refractivity contribution in [3.63, 3.8) is 0 Å². The molecule has 0 aliphatic heterocycles.